The van der Waals surface area contributed by atoms with Crippen molar-refractivity contribution in [2.45, 2.75) is 26.1 Å². The summed E-state index contributed by atoms with van der Waals surface area (Å²) in [4.78, 5) is 22.6. The monoisotopic (exact) mass is 423 g/mol. The van der Waals surface area contributed by atoms with Gasteiger partial charge in [0.05, 0.1) is 18.4 Å². The molecule has 0 saturated heterocycles. The van der Waals surface area contributed by atoms with Crippen LogP contribution in [0.3, 0.4) is 0 Å². The SMILES string of the molecule is O=c1[nH]c(C=Cc2cnn(Cc3ccccc3)c2)nc2c1CCN(Cc1ccccc1)C2. The zero-order valence-corrected chi connectivity index (χ0v) is 17.8. The number of hydrogen-bond acceptors (Lipinski definition) is 4. The molecule has 1 aliphatic heterocycles. The molecule has 0 amide bonds. The fourth-order valence-corrected chi connectivity index (χ4v) is 4.07. The van der Waals surface area contributed by atoms with Crippen LogP contribution in [-0.2, 0) is 26.1 Å². The normalized spacial score (nSPS) is 14.0. The van der Waals surface area contributed by atoms with E-state index in [1.165, 1.54) is 11.1 Å². The molecule has 6 nitrogen and oxygen atoms in total. The molecule has 0 radical (unpaired) electrons. The summed E-state index contributed by atoms with van der Waals surface area (Å²) < 4.78 is 1.90. The van der Waals surface area contributed by atoms with Crippen molar-refractivity contribution in [3.05, 3.63) is 117 Å². The van der Waals surface area contributed by atoms with Gasteiger partial charge >= 0.3 is 0 Å². The highest BCUT2D eigenvalue weighted by molar-refractivity contribution is 5.65. The Bertz CT molecular complexity index is 1270. The Balaban J connectivity index is 1.29. The number of H-pyrrole nitrogens is 1. The summed E-state index contributed by atoms with van der Waals surface area (Å²) in [6.45, 7) is 3.13. The second kappa shape index (κ2) is 9.16. The van der Waals surface area contributed by atoms with Crippen LogP contribution in [0, 0.1) is 0 Å². The van der Waals surface area contributed by atoms with Crippen molar-refractivity contribution in [1.29, 1.82) is 0 Å². The number of benzene rings is 2. The van der Waals surface area contributed by atoms with Gasteiger partial charge in [0.15, 0.2) is 0 Å². The van der Waals surface area contributed by atoms with Crippen LogP contribution in [-0.4, -0.2) is 31.2 Å². The number of aromatic nitrogens is 4. The molecule has 0 unspecified atom stereocenters. The fourth-order valence-electron chi connectivity index (χ4n) is 4.07. The lowest BCUT2D eigenvalue weighted by molar-refractivity contribution is 0.240. The molecular formula is C26H25N5O. The van der Waals surface area contributed by atoms with Crippen molar-refractivity contribution in [1.82, 2.24) is 24.6 Å². The van der Waals surface area contributed by atoms with Crippen LogP contribution in [0.15, 0.2) is 77.9 Å². The van der Waals surface area contributed by atoms with Gasteiger partial charge in [0.25, 0.3) is 5.56 Å². The van der Waals surface area contributed by atoms with E-state index in [1.54, 1.807) is 0 Å². The Hall–Kier alpha value is -3.77. The number of nitrogens with zero attached hydrogens (tertiary/aromatic N) is 4. The summed E-state index contributed by atoms with van der Waals surface area (Å²) in [5, 5.41) is 4.43. The third kappa shape index (κ3) is 4.76. The van der Waals surface area contributed by atoms with Crippen molar-refractivity contribution in [3.8, 4) is 0 Å². The summed E-state index contributed by atoms with van der Waals surface area (Å²) >= 11 is 0. The number of fused-ring (bicyclic) bond motifs is 1. The van der Waals surface area contributed by atoms with Gasteiger partial charge < -0.3 is 4.98 Å². The van der Waals surface area contributed by atoms with Gasteiger partial charge in [-0.3, -0.25) is 14.4 Å². The first kappa shape index (κ1) is 20.2. The molecule has 0 atom stereocenters. The number of nitrogens with one attached hydrogen (secondary N) is 1. The minimum Gasteiger partial charge on any atom is -0.307 e. The summed E-state index contributed by atoms with van der Waals surface area (Å²) in [6, 6.07) is 20.6. The van der Waals surface area contributed by atoms with Crippen LogP contribution in [0.4, 0.5) is 0 Å². The molecule has 1 aliphatic rings. The second-order valence-electron chi connectivity index (χ2n) is 8.11. The van der Waals surface area contributed by atoms with E-state index in [0.717, 1.165) is 42.9 Å². The molecular weight excluding hydrogens is 398 g/mol. The molecule has 32 heavy (non-hydrogen) atoms. The van der Waals surface area contributed by atoms with Crippen LogP contribution in [0.25, 0.3) is 12.2 Å². The van der Waals surface area contributed by atoms with Gasteiger partial charge in [-0.15, -0.1) is 0 Å². The Labute approximate surface area is 186 Å². The van der Waals surface area contributed by atoms with E-state index in [-0.39, 0.29) is 5.56 Å². The van der Waals surface area contributed by atoms with E-state index in [2.05, 4.69) is 51.4 Å². The smallest absolute Gasteiger partial charge is 0.254 e. The molecule has 0 saturated carbocycles. The third-order valence-electron chi connectivity index (χ3n) is 5.69. The molecule has 160 valence electrons. The van der Waals surface area contributed by atoms with Crippen molar-refractivity contribution in [2.24, 2.45) is 0 Å². The molecule has 2 aromatic carbocycles. The first-order valence-corrected chi connectivity index (χ1v) is 10.9. The minimum absolute atomic E-state index is 0.0335. The molecule has 5 rings (SSSR count). The first-order valence-electron chi connectivity index (χ1n) is 10.9. The summed E-state index contributed by atoms with van der Waals surface area (Å²) in [7, 11) is 0. The lowest BCUT2D eigenvalue weighted by atomic mass is 10.1. The standard InChI is InChI=1S/C26H25N5O/c32-26-23-13-14-30(16-20-7-3-1-4-8-20)19-24(23)28-25(29-26)12-11-22-15-27-31(18-22)17-21-9-5-2-6-10-21/h1-12,15,18H,13-14,16-17,19H2,(H,28,29,32). The van der Waals surface area contributed by atoms with Crippen LogP contribution in [0.1, 0.15) is 33.8 Å². The van der Waals surface area contributed by atoms with Gasteiger partial charge in [-0.2, -0.15) is 5.10 Å². The molecule has 0 spiro atoms. The molecule has 6 heteroatoms. The molecule has 3 heterocycles. The van der Waals surface area contributed by atoms with Crippen LogP contribution >= 0.6 is 0 Å². The zero-order valence-electron chi connectivity index (χ0n) is 17.8. The maximum atomic E-state index is 12.6. The average molecular weight is 424 g/mol. The predicted octanol–water partition coefficient (Wildman–Crippen LogP) is 3.74. The van der Waals surface area contributed by atoms with E-state index in [9.17, 15) is 4.79 Å². The summed E-state index contributed by atoms with van der Waals surface area (Å²) in [6.07, 6.45) is 8.31. The first-order chi connectivity index (χ1) is 15.7. The molecule has 4 aromatic rings. The topological polar surface area (TPSA) is 66.8 Å². The van der Waals surface area contributed by atoms with Gasteiger partial charge in [-0.05, 0) is 29.7 Å². The number of hydrogen-bond donors (Lipinski definition) is 1. The van der Waals surface area contributed by atoms with Gasteiger partial charge in [-0.1, -0.05) is 60.7 Å². The van der Waals surface area contributed by atoms with Crippen LogP contribution in [0.2, 0.25) is 0 Å². The summed E-state index contributed by atoms with van der Waals surface area (Å²) in [5.41, 5.74) is 5.08. The van der Waals surface area contributed by atoms with E-state index >= 15 is 0 Å². The van der Waals surface area contributed by atoms with Crippen LogP contribution < -0.4 is 5.56 Å². The van der Waals surface area contributed by atoms with Crippen molar-refractivity contribution in [2.75, 3.05) is 6.54 Å². The molecule has 1 N–H and O–H groups in total. The van der Waals surface area contributed by atoms with Gasteiger partial charge in [0, 0.05) is 37.0 Å². The van der Waals surface area contributed by atoms with Crippen molar-refractivity contribution >= 4 is 12.2 Å². The Morgan fingerprint density at radius 1 is 0.938 bits per heavy atom. The van der Waals surface area contributed by atoms with Crippen LogP contribution in [0.5, 0.6) is 0 Å². The fraction of sp³-hybridized carbons (Fsp3) is 0.192. The Morgan fingerprint density at radius 2 is 1.66 bits per heavy atom. The quantitative estimate of drug-likeness (QED) is 0.513. The maximum Gasteiger partial charge on any atom is 0.254 e. The third-order valence-corrected chi connectivity index (χ3v) is 5.69. The van der Waals surface area contributed by atoms with Crippen molar-refractivity contribution < 1.29 is 0 Å². The van der Waals surface area contributed by atoms with Gasteiger partial charge in [0.2, 0.25) is 0 Å². The zero-order chi connectivity index (χ0) is 21.8. The van der Waals surface area contributed by atoms with E-state index in [1.807, 2.05) is 53.5 Å². The maximum absolute atomic E-state index is 12.6. The molecule has 0 fully saturated rings. The molecule has 0 bridgehead atoms. The minimum atomic E-state index is -0.0335. The number of rotatable bonds is 6. The van der Waals surface area contributed by atoms with Crippen molar-refractivity contribution in [3.63, 3.8) is 0 Å². The molecule has 2 aromatic heterocycles. The van der Waals surface area contributed by atoms with E-state index < -0.39 is 0 Å². The number of aromatic amines is 1. The largest absolute Gasteiger partial charge is 0.307 e. The highest BCUT2D eigenvalue weighted by Gasteiger charge is 2.20. The Morgan fingerprint density at radius 3 is 2.41 bits per heavy atom. The van der Waals surface area contributed by atoms with Gasteiger partial charge in [0.1, 0.15) is 5.82 Å². The summed E-state index contributed by atoms with van der Waals surface area (Å²) in [5.74, 6) is 0.575. The molecule has 0 aliphatic carbocycles. The average Bonchev–Trinajstić information content (AvgIpc) is 3.26. The highest BCUT2D eigenvalue weighted by Crippen LogP contribution is 2.17. The lowest BCUT2D eigenvalue weighted by Gasteiger charge is -2.27. The van der Waals surface area contributed by atoms with E-state index in [4.69, 9.17) is 4.98 Å². The predicted molar refractivity (Wildman–Crippen MR) is 126 cm³/mol. The van der Waals surface area contributed by atoms with Gasteiger partial charge in [-0.25, -0.2) is 4.98 Å². The highest BCUT2D eigenvalue weighted by atomic mass is 16.1. The lowest BCUT2D eigenvalue weighted by Crippen LogP contribution is -2.35. The van der Waals surface area contributed by atoms with E-state index in [0.29, 0.717) is 12.4 Å². The second-order valence-corrected chi connectivity index (χ2v) is 8.11. The Kier molecular flexibility index (Phi) is 5.77.